The average Bonchev–Trinajstić information content (AvgIpc) is 3.23. The molecule has 1 amide bonds. The van der Waals surface area contributed by atoms with Crippen LogP contribution in [0.5, 0.6) is 0 Å². The molecule has 4 aliphatic rings. The Morgan fingerprint density at radius 3 is 2.62 bits per heavy atom. The number of carbonyl (C=O) groups is 1. The molecule has 3 aliphatic heterocycles. The first kappa shape index (κ1) is 21.5. The van der Waals surface area contributed by atoms with Crippen molar-refractivity contribution in [3.8, 4) is 11.3 Å². The molecule has 2 aromatic heterocycles. The number of ether oxygens (including phenoxy) is 1. The van der Waals surface area contributed by atoms with Crippen LogP contribution in [0, 0.1) is 5.92 Å². The standard InChI is InChI=1S/C23H29FN8O2/c1-23(3-5-31(13-23)20(33)16-10-17(16)24)32-4-2-15-18(14-11-26-21(25)27-12-14)28-22(29-19(15)32)30-6-8-34-9-7-30/h11-12,16-17H,2-10,13H2,1H3,(H2,25,26,27)/t16-,17+,23-/m0/s1. The molecule has 3 fully saturated rings. The third-order valence-corrected chi connectivity index (χ3v) is 7.50. The van der Waals surface area contributed by atoms with Crippen molar-refractivity contribution in [2.45, 2.75) is 37.9 Å². The molecule has 2 N–H and O–H groups in total. The zero-order valence-electron chi connectivity index (χ0n) is 19.3. The Hall–Kier alpha value is -3.08. The van der Waals surface area contributed by atoms with Gasteiger partial charge in [-0.15, -0.1) is 0 Å². The number of halogens is 1. The van der Waals surface area contributed by atoms with Crippen molar-refractivity contribution in [2.75, 3.05) is 61.5 Å². The van der Waals surface area contributed by atoms with Gasteiger partial charge in [-0.1, -0.05) is 0 Å². The van der Waals surface area contributed by atoms with Crippen LogP contribution in [0.15, 0.2) is 12.4 Å². The normalized spacial score (nSPS) is 28.4. The molecule has 10 nitrogen and oxygen atoms in total. The van der Waals surface area contributed by atoms with Gasteiger partial charge in [0.15, 0.2) is 0 Å². The van der Waals surface area contributed by atoms with Crippen LogP contribution >= 0.6 is 0 Å². The molecule has 11 heteroatoms. The van der Waals surface area contributed by atoms with Crippen molar-refractivity contribution in [3.05, 3.63) is 18.0 Å². The highest BCUT2D eigenvalue weighted by molar-refractivity contribution is 5.83. The Morgan fingerprint density at radius 1 is 1.18 bits per heavy atom. The number of nitrogens with zero attached hydrogens (tertiary/aromatic N) is 7. The van der Waals surface area contributed by atoms with Gasteiger partial charge in [0.1, 0.15) is 12.0 Å². The van der Waals surface area contributed by atoms with E-state index < -0.39 is 12.1 Å². The van der Waals surface area contributed by atoms with Gasteiger partial charge in [-0.05, 0) is 26.2 Å². The fourth-order valence-electron chi connectivity index (χ4n) is 5.38. The number of fused-ring (bicyclic) bond motifs is 1. The monoisotopic (exact) mass is 468 g/mol. The number of nitrogen functional groups attached to an aromatic ring is 1. The minimum absolute atomic E-state index is 0.0490. The predicted molar refractivity (Wildman–Crippen MR) is 124 cm³/mol. The number of carbonyl (C=O) groups excluding carboxylic acids is 1. The van der Waals surface area contributed by atoms with Gasteiger partial charge in [0.05, 0.1) is 30.4 Å². The van der Waals surface area contributed by atoms with Crippen molar-refractivity contribution < 1.29 is 13.9 Å². The van der Waals surface area contributed by atoms with Crippen molar-refractivity contribution in [3.63, 3.8) is 0 Å². The number of likely N-dealkylation sites (tertiary alicyclic amines) is 1. The molecule has 0 radical (unpaired) electrons. The second-order valence-corrected chi connectivity index (χ2v) is 9.87. The van der Waals surface area contributed by atoms with E-state index >= 15 is 0 Å². The minimum atomic E-state index is -0.972. The van der Waals surface area contributed by atoms with Gasteiger partial charge in [-0.25, -0.2) is 19.3 Å². The van der Waals surface area contributed by atoms with E-state index in [1.54, 1.807) is 12.4 Å². The Labute approximate surface area is 197 Å². The summed E-state index contributed by atoms with van der Waals surface area (Å²) in [5.41, 5.74) is 8.13. The number of hydrogen-bond donors (Lipinski definition) is 1. The second kappa shape index (κ2) is 8.00. The SMILES string of the molecule is C[C@]1(N2CCc3c(-c4cnc(N)nc4)nc(N4CCOCC4)nc32)CCN(C(=O)[C@H]2C[C@H]2F)C1. The first-order valence-corrected chi connectivity index (χ1v) is 11.9. The highest BCUT2D eigenvalue weighted by atomic mass is 19.1. The van der Waals surface area contributed by atoms with Gasteiger partial charge >= 0.3 is 0 Å². The van der Waals surface area contributed by atoms with E-state index in [0.29, 0.717) is 38.7 Å². The lowest BCUT2D eigenvalue weighted by Gasteiger charge is -2.37. The van der Waals surface area contributed by atoms with E-state index in [1.807, 2.05) is 4.90 Å². The number of nitrogens with two attached hydrogens (primary N) is 1. The second-order valence-electron chi connectivity index (χ2n) is 9.87. The molecule has 6 rings (SSSR count). The summed E-state index contributed by atoms with van der Waals surface area (Å²) >= 11 is 0. The fraction of sp³-hybridized carbons (Fsp3) is 0.609. The number of alkyl halides is 1. The van der Waals surface area contributed by atoms with Crippen LogP contribution in [0.3, 0.4) is 0 Å². The lowest BCUT2D eigenvalue weighted by molar-refractivity contribution is -0.132. The molecule has 180 valence electrons. The van der Waals surface area contributed by atoms with Crippen molar-refractivity contribution >= 4 is 23.6 Å². The van der Waals surface area contributed by atoms with Gasteiger partial charge in [-0.2, -0.15) is 4.98 Å². The Kier molecular flexibility index (Phi) is 5.05. The predicted octanol–water partition coefficient (Wildman–Crippen LogP) is 1.06. The van der Waals surface area contributed by atoms with Crippen molar-refractivity contribution in [2.24, 2.45) is 5.92 Å². The topological polar surface area (TPSA) is 114 Å². The molecule has 1 aliphatic carbocycles. The molecule has 0 aromatic carbocycles. The molecule has 34 heavy (non-hydrogen) atoms. The van der Waals surface area contributed by atoms with Gasteiger partial charge in [-0.3, -0.25) is 4.79 Å². The maximum atomic E-state index is 13.5. The number of amides is 1. The zero-order valence-corrected chi connectivity index (χ0v) is 19.3. The lowest BCUT2D eigenvalue weighted by Crippen LogP contribution is -2.49. The van der Waals surface area contributed by atoms with E-state index in [4.69, 9.17) is 20.4 Å². The maximum Gasteiger partial charge on any atom is 0.228 e. The molecular weight excluding hydrogens is 439 g/mol. The summed E-state index contributed by atoms with van der Waals surface area (Å²) in [5.74, 6) is 1.29. The molecule has 2 saturated heterocycles. The fourth-order valence-corrected chi connectivity index (χ4v) is 5.38. The summed E-state index contributed by atoms with van der Waals surface area (Å²) in [6.45, 7) is 6.90. The Bertz CT molecular complexity index is 1110. The number of aromatic nitrogens is 4. The molecule has 1 saturated carbocycles. The van der Waals surface area contributed by atoms with Gasteiger partial charge in [0.25, 0.3) is 0 Å². The van der Waals surface area contributed by atoms with E-state index in [9.17, 15) is 9.18 Å². The largest absolute Gasteiger partial charge is 0.378 e. The van der Waals surface area contributed by atoms with Crippen LogP contribution < -0.4 is 15.5 Å². The third kappa shape index (κ3) is 3.62. The minimum Gasteiger partial charge on any atom is -0.378 e. The van der Waals surface area contributed by atoms with Crippen LogP contribution in [-0.4, -0.2) is 88.4 Å². The molecule has 2 aromatic rings. The van der Waals surface area contributed by atoms with Gasteiger partial charge < -0.3 is 25.2 Å². The summed E-state index contributed by atoms with van der Waals surface area (Å²) in [4.78, 5) is 37.3. The smallest absolute Gasteiger partial charge is 0.228 e. The number of morpholine rings is 1. The number of rotatable bonds is 4. The lowest BCUT2D eigenvalue weighted by atomic mass is 9.99. The highest BCUT2D eigenvalue weighted by Crippen LogP contribution is 2.43. The summed E-state index contributed by atoms with van der Waals surface area (Å²) < 4.78 is 19.0. The van der Waals surface area contributed by atoms with Gasteiger partial charge in [0, 0.05) is 56.2 Å². The molecule has 0 bridgehead atoms. The number of anilines is 3. The zero-order chi connectivity index (χ0) is 23.4. The summed E-state index contributed by atoms with van der Waals surface area (Å²) in [5, 5.41) is 0. The van der Waals surface area contributed by atoms with Crippen LogP contribution in [0.2, 0.25) is 0 Å². The molecule has 5 heterocycles. The number of hydrogen-bond acceptors (Lipinski definition) is 9. The summed E-state index contributed by atoms with van der Waals surface area (Å²) in [7, 11) is 0. The van der Waals surface area contributed by atoms with Crippen molar-refractivity contribution in [1.82, 2.24) is 24.8 Å². The summed E-state index contributed by atoms with van der Waals surface area (Å²) in [6, 6.07) is 0. The van der Waals surface area contributed by atoms with E-state index in [0.717, 1.165) is 55.1 Å². The quantitative estimate of drug-likeness (QED) is 0.704. The van der Waals surface area contributed by atoms with Gasteiger partial charge in [0.2, 0.25) is 17.8 Å². The van der Waals surface area contributed by atoms with Crippen LogP contribution in [-0.2, 0) is 16.0 Å². The highest BCUT2D eigenvalue weighted by Gasteiger charge is 2.50. The Balaban J connectivity index is 1.36. The maximum absolute atomic E-state index is 13.5. The van der Waals surface area contributed by atoms with Crippen LogP contribution in [0.1, 0.15) is 25.3 Å². The molecule has 0 spiro atoms. The molecule has 3 atom stereocenters. The Morgan fingerprint density at radius 2 is 1.91 bits per heavy atom. The van der Waals surface area contributed by atoms with E-state index in [1.165, 1.54) is 0 Å². The first-order valence-electron chi connectivity index (χ1n) is 11.9. The third-order valence-electron chi connectivity index (χ3n) is 7.50. The van der Waals surface area contributed by atoms with E-state index in [2.05, 4.69) is 26.7 Å². The van der Waals surface area contributed by atoms with Crippen LogP contribution in [0.25, 0.3) is 11.3 Å². The average molecular weight is 469 g/mol. The molecular formula is C23H29FN8O2. The first-order chi connectivity index (χ1) is 16.4. The van der Waals surface area contributed by atoms with E-state index in [-0.39, 0.29) is 17.4 Å². The van der Waals surface area contributed by atoms with Crippen LogP contribution in [0.4, 0.5) is 22.1 Å². The summed E-state index contributed by atoms with van der Waals surface area (Å²) in [6.07, 6.45) is 4.41. The molecule has 0 unspecified atom stereocenters. The van der Waals surface area contributed by atoms with Crippen molar-refractivity contribution in [1.29, 1.82) is 0 Å².